The number of amides is 1. The number of hydrogen-bond acceptors (Lipinski definition) is 7. The molecule has 2 heterocycles. The minimum atomic E-state index is -0.442. The largest absolute Gasteiger partial charge is 0.323 e. The number of anilines is 2. The Kier molecular flexibility index (Phi) is 4.39. The van der Waals surface area contributed by atoms with E-state index in [0.717, 1.165) is 5.69 Å². The molecule has 8 nitrogen and oxygen atoms in total. The highest BCUT2D eigenvalue weighted by atomic mass is 16.6. The lowest BCUT2D eigenvalue weighted by molar-refractivity contribution is 0.0530. The molecule has 0 aliphatic rings. The molecule has 0 aliphatic heterocycles. The van der Waals surface area contributed by atoms with Crippen LogP contribution in [0.2, 0.25) is 0 Å². The molecule has 0 aliphatic carbocycles. The zero-order valence-electron chi connectivity index (χ0n) is 12.3. The summed E-state index contributed by atoms with van der Waals surface area (Å²) in [5.74, 6) is 1.35. The number of nitrogens with zero attached hydrogens (tertiary/aromatic N) is 4. The maximum absolute atomic E-state index is 11.6. The van der Waals surface area contributed by atoms with Gasteiger partial charge in [-0.15, -0.1) is 10.2 Å². The minimum absolute atomic E-state index is 0.206. The fourth-order valence-electron chi connectivity index (χ4n) is 1.82. The standard InChI is InChI=1S/C13H16N6O2/c1-7-5-11(17-18-12(7)13(20)19-21-4)16-10-6-8(2)14-9(3)15-10/h5-6H,1-4H3,(H,19,20)(H,14,15,16,17). The van der Waals surface area contributed by atoms with E-state index in [9.17, 15) is 4.79 Å². The predicted octanol–water partition coefficient (Wildman–Crippen LogP) is 1.23. The number of carbonyl (C=O) groups excluding carboxylic acids is 1. The molecule has 0 fully saturated rings. The summed E-state index contributed by atoms with van der Waals surface area (Å²) in [6, 6.07) is 3.51. The van der Waals surface area contributed by atoms with E-state index < -0.39 is 5.91 Å². The van der Waals surface area contributed by atoms with Crippen LogP contribution in [0, 0.1) is 20.8 Å². The van der Waals surface area contributed by atoms with E-state index in [0.29, 0.717) is 23.0 Å². The third-order valence-electron chi connectivity index (χ3n) is 2.62. The van der Waals surface area contributed by atoms with Gasteiger partial charge in [-0.1, -0.05) is 0 Å². The maximum Gasteiger partial charge on any atom is 0.295 e. The first-order chi connectivity index (χ1) is 9.99. The molecular formula is C13H16N6O2. The number of carbonyl (C=O) groups is 1. The van der Waals surface area contributed by atoms with Crippen molar-refractivity contribution >= 4 is 17.5 Å². The van der Waals surface area contributed by atoms with Crippen molar-refractivity contribution in [3.8, 4) is 0 Å². The van der Waals surface area contributed by atoms with Crippen LogP contribution >= 0.6 is 0 Å². The van der Waals surface area contributed by atoms with Crippen LogP contribution in [-0.4, -0.2) is 33.2 Å². The van der Waals surface area contributed by atoms with Crippen LogP contribution < -0.4 is 10.8 Å². The van der Waals surface area contributed by atoms with Crippen molar-refractivity contribution in [3.63, 3.8) is 0 Å². The molecule has 2 aromatic rings. The van der Waals surface area contributed by atoms with E-state index in [1.54, 1.807) is 19.1 Å². The van der Waals surface area contributed by atoms with Crippen LogP contribution in [0.5, 0.6) is 0 Å². The van der Waals surface area contributed by atoms with E-state index in [1.165, 1.54) is 7.11 Å². The lowest BCUT2D eigenvalue weighted by Crippen LogP contribution is -2.24. The van der Waals surface area contributed by atoms with Crippen LogP contribution in [0.4, 0.5) is 11.6 Å². The average Bonchev–Trinajstić information content (AvgIpc) is 2.37. The van der Waals surface area contributed by atoms with E-state index >= 15 is 0 Å². The highest BCUT2D eigenvalue weighted by molar-refractivity contribution is 5.92. The first-order valence-corrected chi connectivity index (χ1v) is 6.26. The van der Waals surface area contributed by atoms with Crippen LogP contribution in [0.15, 0.2) is 12.1 Å². The Hall–Kier alpha value is -2.61. The zero-order valence-corrected chi connectivity index (χ0v) is 12.3. The second-order valence-corrected chi connectivity index (χ2v) is 4.46. The molecule has 21 heavy (non-hydrogen) atoms. The first kappa shape index (κ1) is 14.8. The average molecular weight is 288 g/mol. The van der Waals surface area contributed by atoms with Gasteiger partial charge in [-0.05, 0) is 32.4 Å². The Morgan fingerprint density at radius 3 is 2.48 bits per heavy atom. The van der Waals surface area contributed by atoms with Crippen LogP contribution in [-0.2, 0) is 4.84 Å². The van der Waals surface area contributed by atoms with Gasteiger partial charge in [-0.25, -0.2) is 15.4 Å². The molecule has 0 unspecified atom stereocenters. The fourth-order valence-corrected chi connectivity index (χ4v) is 1.82. The van der Waals surface area contributed by atoms with Gasteiger partial charge in [0.2, 0.25) is 0 Å². The summed E-state index contributed by atoms with van der Waals surface area (Å²) in [6.07, 6.45) is 0. The molecule has 0 bridgehead atoms. The van der Waals surface area contributed by atoms with Gasteiger partial charge in [0.1, 0.15) is 11.6 Å². The molecule has 110 valence electrons. The van der Waals surface area contributed by atoms with Crippen molar-refractivity contribution in [2.24, 2.45) is 0 Å². The summed E-state index contributed by atoms with van der Waals surface area (Å²) in [5.41, 5.74) is 3.93. The number of hydrogen-bond donors (Lipinski definition) is 2. The van der Waals surface area contributed by atoms with Crippen LogP contribution in [0.25, 0.3) is 0 Å². The topological polar surface area (TPSA) is 102 Å². The Bertz CT molecular complexity index is 653. The fraction of sp³-hybridized carbons (Fsp3) is 0.308. The van der Waals surface area contributed by atoms with Crippen LogP contribution in [0.1, 0.15) is 27.6 Å². The maximum atomic E-state index is 11.6. The number of hydroxylamine groups is 1. The molecule has 0 saturated carbocycles. The molecular weight excluding hydrogens is 272 g/mol. The molecule has 8 heteroatoms. The van der Waals surface area contributed by atoms with Crippen molar-refractivity contribution < 1.29 is 9.63 Å². The molecule has 0 radical (unpaired) electrons. The Labute approximate surface area is 121 Å². The van der Waals surface area contributed by atoms with Crippen molar-refractivity contribution in [1.29, 1.82) is 0 Å². The second-order valence-electron chi connectivity index (χ2n) is 4.46. The minimum Gasteiger partial charge on any atom is -0.323 e. The molecule has 0 saturated heterocycles. The second kappa shape index (κ2) is 6.23. The van der Waals surface area contributed by atoms with Crippen molar-refractivity contribution in [3.05, 3.63) is 34.9 Å². The highest BCUT2D eigenvalue weighted by Crippen LogP contribution is 2.15. The normalized spacial score (nSPS) is 10.3. The molecule has 0 spiro atoms. The van der Waals surface area contributed by atoms with E-state index in [1.807, 2.05) is 13.8 Å². The monoisotopic (exact) mass is 288 g/mol. The quantitative estimate of drug-likeness (QED) is 0.816. The lowest BCUT2D eigenvalue weighted by Gasteiger charge is -2.08. The molecule has 2 N–H and O–H groups in total. The van der Waals surface area contributed by atoms with Gasteiger partial charge >= 0.3 is 0 Å². The van der Waals surface area contributed by atoms with Crippen molar-refractivity contribution in [1.82, 2.24) is 25.6 Å². The Morgan fingerprint density at radius 2 is 1.86 bits per heavy atom. The number of aromatic nitrogens is 4. The zero-order chi connectivity index (χ0) is 15.4. The first-order valence-electron chi connectivity index (χ1n) is 6.26. The summed E-state index contributed by atoms with van der Waals surface area (Å²) in [4.78, 5) is 24.7. The molecule has 1 amide bonds. The molecule has 0 atom stereocenters. The number of nitrogens with one attached hydrogen (secondary N) is 2. The van der Waals surface area contributed by atoms with Gasteiger partial charge in [-0.2, -0.15) is 0 Å². The van der Waals surface area contributed by atoms with Gasteiger partial charge in [0, 0.05) is 11.8 Å². The summed E-state index contributed by atoms with van der Waals surface area (Å²) >= 11 is 0. The summed E-state index contributed by atoms with van der Waals surface area (Å²) < 4.78 is 0. The molecule has 2 rings (SSSR count). The lowest BCUT2D eigenvalue weighted by atomic mass is 10.2. The SMILES string of the molecule is CONC(=O)c1nnc(Nc2cc(C)nc(C)n2)cc1C. The van der Waals surface area contributed by atoms with Gasteiger partial charge in [-0.3, -0.25) is 9.63 Å². The van der Waals surface area contributed by atoms with Gasteiger partial charge in [0.15, 0.2) is 11.5 Å². The summed E-state index contributed by atoms with van der Waals surface area (Å²) in [6.45, 7) is 5.46. The number of rotatable bonds is 4. The smallest absolute Gasteiger partial charge is 0.295 e. The van der Waals surface area contributed by atoms with Crippen molar-refractivity contribution in [2.45, 2.75) is 20.8 Å². The third-order valence-corrected chi connectivity index (χ3v) is 2.62. The molecule has 0 aromatic carbocycles. The van der Waals surface area contributed by atoms with Gasteiger partial charge < -0.3 is 5.32 Å². The third kappa shape index (κ3) is 3.69. The summed E-state index contributed by atoms with van der Waals surface area (Å²) in [5, 5.41) is 10.9. The van der Waals surface area contributed by atoms with Crippen molar-refractivity contribution in [2.75, 3.05) is 12.4 Å². The van der Waals surface area contributed by atoms with E-state index in [2.05, 4.69) is 35.8 Å². The highest BCUT2D eigenvalue weighted by Gasteiger charge is 2.12. The Morgan fingerprint density at radius 1 is 1.10 bits per heavy atom. The number of aryl methyl sites for hydroxylation is 3. The van der Waals surface area contributed by atoms with Crippen LogP contribution in [0.3, 0.4) is 0 Å². The summed E-state index contributed by atoms with van der Waals surface area (Å²) in [7, 11) is 1.36. The molecule has 2 aromatic heterocycles. The predicted molar refractivity (Wildman–Crippen MR) is 76.0 cm³/mol. The van der Waals surface area contributed by atoms with E-state index in [4.69, 9.17) is 0 Å². The van der Waals surface area contributed by atoms with E-state index in [-0.39, 0.29) is 5.69 Å². The Balaban J connectivity index is 2.22. The van der Waals surface area contributed by atoms with Gasteiger partial charge in [0.05, 0.1) is 7.11 Å². The van der Waals surface area contributed by atoms with Gasteiger partial charge in [0.25, 0.3) is 5.91 Å².